The third-order valence-electron chi connectivity index (χ3n) is 0.579. The summed E-state index contributed by atoms with van der Waals surface area (Å²) in [5, 5.41) is -1.46. The van der Waals surface area contributed by atoms with E-state index in [1.165, 1.54) is 0 Å². The van der Waals surface area contributed by atoms with E-state index >= 15 is 0 Å². The van der Waals surface area contributed by atoms with E-state index in [2.05, 4.69) is 4.18 Å². The Hall–Kier alpha value is -0.910. The summed E-state index contributed by atoms with van der Waals surface area (Å²) in [6, 6.07) is 0. The second-order valence-corrected chi connectivity index (χ2v) is 2.56. The quantitative estimate of drug-likeness (QED) is 0.296. The highest BCUT2D eigenvalue weighted by Crippen LogP contribution is 2.08. The molecule has 1 heterocycles. The van der Waals surface area contributed by atoms with Crippen molar-refractivity contribution < 1.29 is 22.2 Å². The average molecular weight is 136 g/mol. The van der Waals surface area contributed by atoms with E-state index in [9.17, 15) is 18.0 Å². The highest BCUT2D eigenvalue weighted by molar-refractivity contribution is 8.07. The molecule has 0 saturated carbocycles. The van der Waals surface area contributed by atoms with Gasteiger partial charge in [0.05, 0.1) is 0 Å². The summed E-state index contributed by atoms with van der Waals surface area (Å²) < 4.78 is 23.1. The molecule has 1 aliphatic rings. The Morgan fingerprint density at radius 2 is 1.75 bits per heavy atom. The SMILES string of the molecule is O=C1OS(=O)(=O)C1=O. The predicted molar refractivity (Wildman–Crippen MR) is 20.0 cm³/mol. The van der Waals surface area contributed by atoms with E-state index in [0.29, 0.717) is 0 Å². The Labute approximate surface area is 44.4 Å². The largest absolute Gasteiger partial charge is 0.410 e. The Bertz CT molecular complexity index is 246. The second kappa shape index (κ2) is 1.08. The lowest BCUT2D eigenvalue weighted by molar-refractivity contribution is -0.148. The summed E-state index contributed by atoms with van der Waals surface area (Å²) in [5.41, 5.74) is 0. The minimum Gasteiger partial charge on any atom is -0.332 e. The molecule has 1 saturated heterocycles. The highest BCUT2D eigenvalue weighted by Gasteiger charge is 2.46. The Kier molecular flexibility index (Phi) is 0.706. The first kappa shape index (κ1) is 5.23. The van der Waals surface area contributed by atoms with Crippen LogP contribution in [0.3, 0.4) is 0 Å². The van der Waals surface area contributed by atoms with Gasteiger partial charge in [-0.25, -0.2) is 4.79 Å². The van der Waals surface area contributed by atoms with Gasteiger partial charge >= 0.3 is 21.2 Å². The van der Waals surface area contributed by atoms with Crippen LogP contribution in [0.5, 0.6) is 0 Å². The number of carbonyl (C=O) groups excluding carboxylic acids is 2. The monoisotopic (exact) mass is 136 g/mol. The molecular weight excluding hydrogens is 136 g/mol. The first-order chi connectivity index (χ1) is 3.54. The molecule has 1 rings (SSSR count). The zero-order valence-electron chi connectivity index (χ0n) is 3.45. The summed E-state index contributed by atoms with van der Waals surface area (Å²) in [6.07, 6.45) is 0. The van der Waals surface area contributed by atoms with E-state index in [1.54, 1.807) is 0 Å². The van der Waals surface area contributed by atoms with Gasteiger partial charge in [0.25, 0.3) is 0 Å². The minimum absolute atomic E-state index is 1.30. The van der Waals surface area contributed by atoms with Crippen molar-refractivity contribution in [3.05, 3.63) is 0 Å². The van der Waals surface area contributed by atoms with E-state index in [1.807, 2.05) is 0 Å². The molecular formula is C2O5S. The van der Waals surface area contributed by atoms with Crippen molar-refractivity contribution in [2.45, 2.75) is 0 Å². The zero-order valence-corrected chi connectivity index (χ0v) is 4.27. The van der Waals surface area contributed by atoms with Crippen molar-refractivity contribution in [3.8, 4) is 0 Å². The third kappa shape index (κ3) is 0.429. The fourth-order valence-electron chi connectivity index (χ4n) is 0.240. The molecule has 0 aromatic carbocycles. The maximum absolute atomic E-state index is 9.84. The standard InChI is InChI=1S/C2O5S/c3-1-2(4)8(5,6)7-1. The fraction of sp³-hybridized carbons (Fsp3) is 0. The molecule has 6 heteroatoms. The topological polar surface area (TPSA) is 77.5 Å². The van der Waals surface area contributed by atoms with Gasteiger partial charge in [0.2, 0.25) is 0 Å². The predicted octanol–water partition coefficient (Wildman–Crippen LogP) is -1.60. The van der Waals surface area contributed by atoms with Gasteiger partial charge in [-0.15, -0.1) is 0 Å². The van der Waals surface area contributed by atoms with Gasteiger partial charge in [0, 0.05) is 0 Å². The van der Waals surface area contributed by atoms with Gasteiger partial charge in [0.15, 0.2) is 0 Å². The van der Waals surface area contributed by atoms with E-state index in [-0.39, 0.29) is 0 Å². The summed E-state index contributed by atoms with van der Waals surface area (Å²) in [7, 11) is -4.10. The third-order valence-corrected chi connectivity index (χ3v) is 1.57. The van der Waals surface area contributed by atoms with Crippen LogP contribution in [0.15, 0.2) is 0 Å². The summed E-state index contributed by atoms with van der Waals surface area (Å²) >= 11 is 0. The summed E-state index contributed by atoms with van der Waals surface area (Å²) in [6.45, 7) is 0. The summed E-state index contributed by atoms with van der Waals surface area (Å²) in [4.78, 5) is 19.5. The van der Waals surface area contributed by atoms with Gasteiger partial charge in [0.1, 0.15) is 0 Å². The average Bonchev–Trinajstić information content (AvgIpc) is 1.65. The van der Waals surface area contributed by atoms with Crippen LogP contribution in [0.4, 0.5) is 0 Å². The highest BCUT2D eigenvalue weighted by atomic mass is 32.2. The normalized spacial score (nSPS) is 24.0. The Morgan fingerprint density at radius 3 is 1.75 bits per heavy atom. The molecule has 1 fully saturated rings. The van der Waals surface area contributed by atoms with Crippen molar-refractivity contribution in [1.82, 2.24) is 0 Å². The molecule has 0 radical (unpaired) electrons. The second-order valence-electron chi connectivity index (χ2n) is 1.11. The molecule has 0 spiro atoms. The van der Waals surface area contributed by atoms with Gasteiger partial charge in [-0.3, -0.25) is 4.79 Å². The lowest BCUT2D eigenvalue weighted by Crippen LogP contribution is -2.40. The van der Waals surface area contributed by atoms with Crippen LogP contribution in [0.25, 0.3) is 0 Å². The Morgan fingerprint density at radius 1 is 1.25 bits per heavy atom. The van der Waals surface area contributed by atoms with Gasteiger partial charge < -0.3 is 4.18 Å². The van der Waals surface area contributed by atoms with Crippen molar-refractivity contribution in [3.63, 3.8) is 0 Å². The number of hydrogen-bond donors (Lipinski definition) is 0. The summed E-state index contributed by atoms with van der Waals surface area (Å²) in [5.74, 6) is -1.30. The minimum atomic E-state index is -4.10. The molecule has 0 aliphatic carbocycles. The van der Waals surface area contributed by atoms with Crippen LogP contribution in [0.1, 0.15) is 0 Å². The molecule has 5 nitrogen and oxygen atoms in total. The van der Waals surface area contributed by atoms with Crippen molar-refractivity contribution in [2.24, 2.45) is 0 Å². The zero-order chi connectivity index (χ0) is 6.36. The van der Waals surface area contributed by atoms with Crippen LogP contribution in [-0.4, -0.2) is 19.5 Å². The molecule has 0 N–H and O–H groups in total. The van der Waals surface area contributed by atoms with Crippen molar-refractivity contribution >= 4 is 21.2 Å². The molecule has 8 heavy (non-hydrogen) atoms. The van der Waals surface area contributed by atoms with Crippen LogP contribution in [0.2, 0.25) is 0 Å². The number of rotatable bonds is 0. The first-order valence-corrected chi connectivity index (χ1v) is 2.97. The number of carbonyl (C=O) groups is 2. The van der Waals surface area contributed by atoms with Crippen molar-refractivity contribution in [1.29, 1.82) is 0 Å². The molecule has 0 bridgehead atoms. The lowest BCUT2D eigenvalue weighted by atomic mass is 10.8. The molecule has 0 unspecified atom stereocenters. The van der Waals surface area contributed by atoms with Crippen molar-refractivity contribution in [2.75, 3.05) is 0 Å². The maximum atomic E-state index is 9.84. The molecule has 44 valence electrons. The molecule has 0 atom stereocenters. The molecule has 0 aromatic heterocycles. The van der Waals surface area contributed by atoms with Gasteiger partial charge in [-0.2, -0.15) is 8.42 Å². The lowest BCUT2D eigenvalue weighted by Gasteiger charge is -2.07. The first-order valence-electron chi connectivity index (χ1n) is 1.57. The smallest absolute Gasteiger partial charge is 0.332 e. The van der Waals surface area contributed by atoms with Crippen LogP contribution in [0, 0.1) is 0 Å². The van der Waals surface area contributed by atoms with E-state index in [0.717, 1.165) is 0 Å². The maximum Gasteiger partial charge on any atom is 0.410 e. The Balaban J connectivity index is 3.09. The molecule has 0 aromatic rings. The van der Waals surface area contributed by atoms with E-state index in [4.69, 9.17) is 0 Å². The van der Waals surface area contributed by atoms with Crippen LogP contribution in [-0.2, 0) is 23.9 Å². The molecule has 1 aliphatic heterocycles. The number of hydrogen-bond acceptors (Lipinski definition) is 5. The van der Waals surface area contributed by atoms with Crippen LogP contribution < -0.4 is 0 Å². The van der Waals surface area contributed by atoms with Gasteiger partial charge in [-0.1, -0.05) is 0 Å². The molecule has 0 amide bonds. The van der Waals surface area contributed by atoms with E-state index < -0.39 is 21.2 Å². The van der Waals surface area contributed by atoms with Crippen LogP contribution >= 0.6 is 0 Å². The fourth-order valence-corrected chi connectivity index (χ4v) is 0.719. The van der Waals surface area contributed by atoms with Gasteiger partial charge in [-0.05, 0) is 0 Å².